The van der Waals surface area contributed by atoms with E-state index in [4.69, 9.17) is 18.9 Å². The molecule has 2 heterocycles. The average Bonchev–Trinajstić information content (AvgIpc) is 3.06. The fourth-order valence-corrected chi connectivity index (χ4v) is 10.3. The van der Waals surface area contributed by atoms with Gasteiger partial charge < -0.3 is 39.4 Å². The Bertz CT molecular complexity index is 1690. The van der Waals surface area contributed by atoms with Crippen LogP contribution in [0.5, 0.6) is 11.5 Å². The van der Waals surface area contributed by atoms with Crippen LogP contribution in [0.4, 0.5) is 0 Å². The number of methoxy groups -OCH3 is 2. The third-order valence-electron chi connectivity index (χ3n) is 10.3. The zero-order chi connectivity index (χ0) is 35.8. The Balaban J connectivity index is 1.66. The van der Waals surface area contributed by atoms with E-state index in [1.54, 1.807) is 0 Å². The third kappa shape index (κ3) is 4.55. The average molecular weight is 699 g/mol. The number of rotatable bonds is 6. The van der Waals surface area contributed by atoms with Gasteiger partial charge in [-0.3, -0.25) is 28.8 Å². The van der Waals surface area contributed by atoms with E-state index in [2.05, 4.69) is 0 Å². The minimum atomic E-state index is -2.86. The Morgan fingerprint density at radius 3 is 1.43 bits per heavy atom. The molecule has 2 aromatic rings. The minimum absolute atomic E-state index is 0.313. The van der Waals surface area contributed by atoms with E-state index in [-0.39, 0.29) is 11.1 Å². The summed E-state index contributed by atoms with van der Waals surface area (Å²) in [6.45, 7) is 2.57. The minimum Gasteiger partial charge on any atom is -0.507 e. The molecule has 0 amide bonds. The van der Waals surface area contributed by atoms with Gasteiger partial charge in [-0.2, -0.15) is 0 Å². The highest BCUT2D eigenvalue weighted by atomic mass is 32.2. The molecule has 2 fully saturated rings. The summed E-state index contributed by atoms with van der Waals surface area (Å²) < 4.78 is 16.6. The van der Waals surface area contributed by atoms with Crippen LogP contribution in [0, 0.1) is 0 Å². The van der Waals surface area contributed by atoms with E-state index in [1.165, 1.54) is 38.1 Å². The van der Waals surface area contributed by atoms with Crippen molar-refractivity contribution in [3.8, 4) is 11.5 Å². The standard InChI is InChI=1S/C34H34O14S/c1-15-33(43)29(41)25-19(7-5-9-21(25)35)27(39)31(33,13-17(47-15)11-23(37)45-3)49-32-14-18(12-24(38)46-4)48-16(2)34(32,44)30(42)26-20(28(32)40)8-6-10-22(26)36/h5-10,15-18,35-36,43-44H,11-14H2,1-4H3/t15-,16+,17-,18-,31+,32+,33+,34-/m0/s1. The van der Waals surface area contributed by atoms with Crippen molar-refractivity contribution in [3.05, 3.63) is 58.7 Å². The SMILES string of the molecule is COC(=O)C[C@H]1C[C@@]2(S[C@@]34C[C@H](CC(=O)OC)O[C@H](C)[C@]3(O)C(=O)c3c(O)cccc3C4=O)C(=O)c3cccc(O)c3C(=O)[C@]2(O)[C@H](C)O1. The van der Waals surface area contributed by atoms with Gasteiger partial charge in [-0.1, -0.05) is 24.3 Å². The number of ketones is 4. The second-order valence-electron chi connectivity index (χ2n) is 12.8. The number of fused-ring (bicyclic) bond motifs is 4. The van der Waals surface area contributed by atoms with Gasteiger partial charge in [0.1, 0.15) is 21.0 Å². The number of Topliss-reactive ketones (excluding diaryl/α,β-unsaturated/α-hetero) is 4. The summed E-state index contributed by atoms with van der Waals surface area (Å²) in [5.41, 5.74) is -7.33. The summed E-state index contributed by atoms with van der Waals surface area (Å²) in [7, 11) is 2.26. The van der Waals surface area contributed by atoms with Gasteiger partial charge in [0.15, 0.2) is 22.8 Å². The number of thioether (sulfide) groups is 1. The van der Waals surface area contributed by atoms with Gasteiger partial charge in [-0.25, -0.2) is 0 Å². The number of hydrogen-bond donors (Lipinski definition) is 4. The molecule has 2 aromatic carbocycles. The summed E-state index contributed by atoms with van der Waals surface area (Å²) in [6.07, 6.45) is -7.60. The smallest absolute Gasteiger partial charge is 0.308 e. The first-order chi connectivity index (χ1) is 23.0. The van der Waals surface area contributed by atoms with Crippen LogP contribution >= 0.6 is 11.8 Å². The Morgan fingerprint density at radius 2 is 1.08 bits per heavy atom. The molecule has 0 aromatic heterocycles. The lowest BCUT2D eigenvalue weighted by Crippen LogP contribution is -2.79. The molecule has 2 saturated heterocycles. The number of carbonyl (C=O) groups is 6. The molecule has 0 unspecified atom stereocenters. The van der Waals surface area contributed by atoms with E-state index in [9.17, 15) is 39.6 Å². The first kappa shape index (κ1) is 34.7. The summed E-state index contributed by atoms with van der Waals surface area (Å²) in [5, 5.41) is 46.8. The van der Waals surface area contributed by atoms with E-state index < -0.39 is 128 Å². The van der Waals surface area contributed by atoms with Crippen LogP contribution in [0.2, 0.25) is 0 Å². The topological polar surface area (TPSA) is 220 Å². The first-order valence-corrected chi connectivity index (χ1v) is 16.3. The number of phenolic OH excluding ortho intramolecular Hbond substituents is 2. The molecule has 260 valence electrons. The molecule has 4 N–H and O–H groups in total. The molecule has 8 atom stereocenters. The Kier molecular flexibility index (Phi) is 8.31. The van der Waals surface area contributed by atoms with Crippen molar-refractivity contribution in [1.29, 1.82) is 0 Å². The molecular formula is C34H34O14S. The molecule has 0 bridgehead atoms. The van der Waals surface area contributed by atoms with Crippen LogP contribution in [0.1, 0.15) is 81.0 Å². The maximum Gasteiger partial charge on any atom is 0.308 e. The Hall–Kier alpha value is -4.15. The molecule has 2 aliphatic carbocycles. The van der Waals surface area contributed by atoms with Crippen LogP contribution < -0.4 is 0 Å². The zero-order valence-corrected chi connectivity index (χ0v) is 27.7. The summed E-state index contributed by atoms with van der Waals surface area (Å²) in [5.74, 6) is -6.87. The van der Waals surface area contributed by atoms with Crippen LogP contribution in [-0.2, 0) is 28.5 Å². The quantitative estimate of drug-likeness (QED) is 0.316. The molecule has 2 aliphatic heterocycles. The zero-order valence-electron chi connectivity index (χ0n) is 26.9. The van der Waals surface area contributed by atoms with E-state index in [0.29, 0.717) is 11.8 Å². The maximum absolute atomic E-state index is 15.0. The lowest BCUT2D eigenvalue weighted by atomic mass is 9.63. The molecule has 4 aliphatic rings. The molecular weight excluding hydrogens is 664 g/mol. The second-order valence-corrected chi connectivity index (χ2v) is 14.4. The normalized spacial score (nSPS) is 35.1. The van der Waals surface area contributed by atoms with Gasteiger partial charge in [0.25, 0.3) is 0 Å². The predicted octanol–water partition coefficient (Wildman–Crippen LogP) is 1.71. The number of esters is 2. The van der Waals surface area contributed by atoms with Crippen LogP contribution in [0.3, 0.4) is 0 Å². The van der Waals surface area contributed by atoms with Crippen molar-refractivity contribution in [2.24, 2.45) is 0 Å². The van der Waals surface area contributed by atoms with Gasteiger partial charge in [0.2, 0.25) is 11.6 Å². The number of aromatic hydroxyl groups is 2. The molecule has 0 spiro atoms. The van der Waals surface area contributed by atoms with Crippen molar-refractivity contribution in [2.75, 3.05) is 14.2 Å². The highest BCUT2D eigenvalue weighted by molar-refractivity contribution is 8.03. The predicted molar refractivity (Wildman–Crippen MR) is 168 cm³/mol. The van der Waals surface area contributed by atoms with Gasteiger partial charge in [-0.15, -0.1) is 11.8 Å². The Labute approximate surface area is 283 Å². The lowest BCUT2D eigenvalue weighted by Gasteiger charge is -2.61. The molecule has 0 saturated carbocycles. The molecule has 0 radical (unpaired) electrons. The van der Waals surface area contributed by atoms with Crippen molar-refractivity contribution >= 4 is 46.8 Å². The number of ether oxygens (including phenoxy) is 4. The van der Waals surface area contributed by atoms with Gasteiger partial charge in [-0.05, 0) is 38.8 Å². The number of aliphatic hydroxyl groups is 2. The number of hydrogen-bond acceptors (Lipinski definition) is 15. The van der Waals surface area contributed by atoms with Crippen molar-refractivity contribution < 1.29 is 68.1 Å². The van der Waals surface area contributed by atoms with E-state index in [1.807, 2.05) is 0 Å². The Morgan fingerprint density at radius 1 is 0.714 bits per heavy atom. The monoisotopic (exact) mass is 698 g/mol. The number of phenols is 2. The summed E-state index contributed by atoms with van der Waals surface area (Å²) in [6, 6.07) is 7.44. The van der Waals surface area contributed by atoms with Crippen LogP contribution in [0.15, 0.2) is 36.4 Å². The fourth-order valence-electron chi connectivity index (χ4n) is 7.91. The lowest BCUT2D eigenvalue weighted by molar-refractivity contribution is -0.173. The summed E-state index contributed by atoms with van der Waals surface area (Å²) >= 11 is 0.381. The molecule has 14 nitrogen and oxygen atoms in total. The first-order valence-electron chi connectivity index (χ1n) is 15.5. The van der Waals surface area contributed by atoms with Gasteiger partial charge in [0.05, 0.1) is 62.6 Å². The van der Waals surface area contributed by atoms with Crippen molar-refractivity contribution in [3.63, 3.8) is 0 Å². The van der Waals surface area contributed by atoms with Crippen LogP contribution in [0.25, 0.3) is 0 Å². The molecule has 6 rings (SSSR count). The van der Waals surface area contributed by atoms with Crippen molar-refractivity contribution in [1.82, 2.24) is 0 Å². The number of benzene rings is 2. The number of carbonyl (C=O) groups excluding carboxylic acids is 6. The fraction of sp³-hybridized carbons (Fsp3) is 0.471. The van der Waals surface area contributed by atoms with Crippen LogP contribution in [-0.4, -0.2) is 115 Å². The third-order valence-corrected chi connectivity index (χ3v) is 12.3. The largest absolute Gasteiger partial charge is 0.507 e. The second kappa shape index (κ2) is 11.7. The summed E-state index contributed by atoms with van der Waals surface area (Å²) in [4.78, 5) is 83.9. The van der Waals surface area contributed by atoms with Crippen molar-refractivity contribution in [2.45, 2.75) is 84.6 Å². The van der Waals surface area contributed by atoms with Gasteiger partial charge >= 0.3 is 11.9 Å². The van der Waals surface area contributed by atoms with E-state index >= 15 is 9.59 Å². The highest BCUT2D eigenvalue weighted by Crippen LogP contribution is 2.64. The molecule has 49 heavy (non-hydrogen) atoms. The van der Waals surface area contributed by atoms with E-state index in [0.717, 1.165) is 26.4 Å². The molecule has 15 heteroatoms. The highest BCUT2D eigenvalue weighted by Gasteiger charge is 2.78. The maximum atomic E-state index is 15.0. The van der Waals surface area contributed by atoms with Gasteiger partial charge in [0, 0.05) is 11.1 Å².